The summed E-state index contributed by atoms with van der Waals surface area (Å²) in [6.07, 6.45) is 2.97. The number of para-hydroxylation sites is 1. The van der Waals surface area contributed by atoms with E-state index in [0.717, 1.165) is 12.8 Å². The van der Waals surface area contributed by atoms with Gasteiger partial charge in [0, 0.05) is 18.3 Å². The van der Waals surface area contributed by atoms with Gasteiger partial charge in [-0.05, 0) is 43.7 Å². The highest BCUT2D eigenvalue weighted by molar-refractivity contribution is 5.98. The van der Waals surface area contributed by atoms with Crippen LogP contribution in [0.2, 0.25) is 0 Å². The normalized spacial score (nSPS) is 32.9. The Morgan fingerprint density at radius 3 is 2.89 bits per heavy atom. The summed E-state index contributed by atoms with van der Waals surface area (Å²) in [5, 5.41) is 5.83. The van der Waals surface area contributed by atoms with Crippen molar-refractivity contribution >= 4 is 17.8 Å². The van der Waals surface area contributed by atoms with Crippen LogP contribution in [0.3, 0.4) is 0 Å². The van der Waals surface area contributed by atoms with E-state index in [9.17, 15) is 14.4 Å². The lowest BCUT2D eigenvalue weighted by molar-refractivity contribution is -0.168. The summed E-state index contributed by atoms with van der Waals surface area (Å²) in [6, 6.07) is 7.26. The van der Waals surface area contributed by atoms with Crippen molar-refractivity contribution in [1.82, 2.24) is 10.6 Å². The molecule has 0 radical (unpaired) electrons. The molecule has 2 N–H and O–H groups in total. The molecular formula is C21H26N2O5. The first kappa shape index (κ1) is 18.8. The third-order valence-electron chi connectivity index (χ3n) is 6.53. The molecule has 7 heteroatoms. The van der Waals surface area contributed by atoms with E-state index in [1.165, 1.54) is 0 Å². The first-order valence-corrected chi connectivity index (χ1v) is 9.91. The third kappa shape index (κ3) is 3.02. The molecule has 3 fully saturated rings. The van der Waals surface area contributed by atoms with E-state index < -0.39 is 11.7 Å². The van der Waals surface area contributed by atoms with E-state index in [0.29, 0.717) is 30.8 Å². The maximum atomic E-state index is 12.8. The Morgan fingerprint density at radius 2 is 2.14 bits per heavy atom. The number of rotatable bonds is 4. The zero-order chi connectivity index (χ0) is 19.9. The van der Waals surface area contributed by atoms with Crippen LogP contribution in [0.25, 0.3) is 0 Å². The van der Waals surface area contributed by atoms with Crippen LogP contribution in [0.1, 0.15) is 49.9 Å². The summed E-state index contributed by atoms with van der Waals surface area (Å²) in [4.78, 5) is 37.0. The van der Waals surface area contributed by atoms with Crippen molar-refractivity contribution in [1.29, 1.82) is 0 Å². The molecule has 3 aliphatic carbocycles. The predicted molar refractivity (Wildman–Crippen MR) is 100 cm³/mol. The molecule has 4 aliphatic rings. The third-order valence-corrected chi connectivity index (χ3v) is 6.53. The van der Waals surface area contributed by atoms with Gasteiger partial charge in [0.25, 0.3) is 5.91 Å². The minimum Gasteiger partial charge on any atom is -0.467 e. The molecule has 150 valence electrons. The highest BCUT2D eigenvalue weighted by Gasteiger charge is 2.61. The smallest absolute Gasteiger partial charge is 0.325 e. The molecule has 0 aromatic heterocycles. The molecule has 2 bridgehead atoms. The van der Waals surface area contributed by atoms with E-state index >= 15 is 0 Å². The van der Waals surface area contributed by atoms with E-state index in [2.05, 4.69) is 17.6 Å². The van der Waals surface area contributed by atoms with Crippen LogP contribution in [0.5, 0.6) is 5.75 Å². The van der Waals surface area contributed by atoms with E-state index in [1.54, 1.807) is 13.0 Å². The number of carbonyl (C=O) groups excluding carboxylic acids is 3. The van der Waals surface area contributed by atoms with Crippen LogP contribution in [0, 0.1) is 17.3 Å². The molecule has 4 atom stereocenters. The molecule has 3 saturated carbocycles. The largest absolute Gasteiger partial charge is 0.467 e. The van der Waals surface area contributed by atoms with Gasteiger partial charge in [-0.1, -0.05) is 19.1 Å². The average molecular weight is 386 g/mol. The Kier molecular flexibility index (Phi) is 4.56. The molecule has 2 amide bonds. The van der Waals surface area contributed by atoms with Crippen LogP contribution < -0.4 is 15.4 Å². The number of ether oxygens (including phenoxy) is 2. The lowest BCUT2D eigenvalue weighted by atomic mass is 9.52. The first-order valence-electron chi connectivity index (χ1n) is 9.91. The van der Waals surface area contributed by atoms with Crippen molar-refractivity contribution < 1.29 is 23.9 Å². The molecule has 1 spiro atoms. The Morgan fingerprint density at radius 1 is 1.36 bits per heavy atom. The van der Waals surface area contributed by atoms with Crippen molar-refractivity contribution in [3.05, 3.63) is 29.8 Å². The molecule has 1 heterocycles. The van der Waals surface area contributed by atoms with Gasteiger partial charge in [0.2, 0.25) is 5.91 Å². The molecule has 0 saturated heterocycles. The highest BCUT2D eigenvalue weighted by Crippen LogP contribution is 2.58. The lowest BCUT2D eigenvalue weighted by Gasteiger charge is -2.59. The van der Waals surface area contributed by atoms with Crippen LogP contribution in [0.4, 0.5) is 0 Å². The van der Waals surface area contributed by atoms with E-state index in [-0.39, 0.29) is 35.6 Å². The van der Waals surface area contributed by atoms with Gasteiger partial charge >= 0.3 is 5.97 Å². The molecule has 0 unspecified atom stereocenters. The Hall–Kier alpha value is -2.57. The maximum absolute atomic E-state index is 12.8. The van der Waals surface area contributed by atoms with Crippen LogP contribution >= 0.6 is 0 Å². The Balaban J connectivity index is 1.52. The van der Waals surface area contributed by atoms with Crippen LogP contribution in [-0.2, 0) is 14.3 Å². The second-order valence-corrected chi connectivity index (χ2v) is 8.32. The van der Waals surface area contributed by atoms with Crippen LogP contribution in [-0.4, -0.2) is 36.7 Å². The SMILES string of the molecule is CCOC(=O)CNC(=O)[C@H]1C[C@@H]2CC[C@]1(C)C[C@@]21NC(=O)c2ccccc2O1. The number of hydrogen-bond acceptors (Lipinski definition) is 5. The summed E-state index contributed by atoms with van der Waals surface area (Å²) in [5.74, 6) is -0.253. The van der Waals surface area contributed by atoms with Gasteiger partial charge in [0.15, 0.2) is 5.72 Å². The summed E-state index contributed by atoms with van der Waals surface area (Å²) < 4.78 is 11.2. The number of nitrogens with one attached hydrogen (secondary N) is 2. The predicted octanol–water partition coefficient (Wildman–Crippen LogP) is 2.01. The van der Waals surface area contributed by atoms with Gasteiger partial charge in [-0.15, -0.1) is 0 Å². The van der Waals surface area contributed by atoms with Crippen molar-refractivity contribution in [2.24, 2.45) is 17.3 Å². The van der Waals surface area contributed by atoms with Gasteiger partial charge in [0.1, 0.15) is 12.3 Å². The van der Waals surface area contributed by atoms with Crippen molar-refractivity contribution in [2.75, 3.05) is 13.2 Å². The number of benzene rings is 1. The fourth-order valence-corrected chi connectivity index (χ4v) is 5.15. The average Bonchev–Trinajstić information content (AvgIpc) is 2.66. The van der Waals surface area contributed by atoms with Gasteiger partial charge < -0.3 is 20.1 Å². The summed E-state index contributed by atoms with van der Waals surface area (Å²) in [7, 11) is 0. The van der Waals surface area contributed by atoms with E-state index in [4.69, 9.17) is 9.47 Å². The second kappa shape index (κ2) is 6.79. The molecule has 7 nitrogen and oxygen atoms in total. The number of esters is 1. The lowest BCUT2D eigenvalue weighted by Crippen LogP contribution is -2.69. The quantitative estimate of drug-likeness (QED) is 0.772. The van der Waals surface area contributed by atoms with Gasteiger partial charge in [-0.3, -0.25) is 14.4 Å². The van der Waals surface area contributed by atoms with Crippen molar-refractivity contribution in [3.8, 4) is 5.75 Å². The molecule has 28 heavy (non-hydrogen) atoms. The Bertz CT molecular complexity index is 825. The van der Waals surface area contributed by atoms with Gasteiger partial charge in [-0.2, -0.15) is 0 Å². The number of carbonyl (C=O) groups is 3. The number of fused-ring (bicyclic) bond motifs is 3. The minimum absolute atomic E-state index is 0.0463. The second-order valence-electron chi connectivity index (χ2n) is 8.32. The minimum atomic E-state index is -0.768. The fraction of sp³-hybridized carbons (Fsp3) is 0.571. The summed E-state index contributed by atoms with van der Waals surface area (Å²) >= 11 is 0. The van der Waals surface area contributed by atoms with Gasteiger partial charge in [0.05, 0.1) is 12.2 Å². The van der Waals surface area contributed by atoms with Gasteiger partial charge in [-0.25, -0.2) is 0 Å². The maximum Gasteiger partial charge on any atom is 0.325 e. The molecule has 1 aliphatic heterocycles. The molecule has 5 rings (SSSR count). The van der Waals surface area contributed by atoms with Crippen LogP contribution in [0.15, 0.2) is 24.3 Å². The Labute approximate surface area is 164 Å². The zero-order valence-electron chi connectivity index (χ0n) is 16.2. The highest BCUT2D eigenvalue weighted by atomic mass is 16.5. The van der Waals surface area contributed by atoms with Crippen molar-refractivity contribution in [2.45, 2.75) is 45.3 Å². The number of hydrogen-bond donors (Lipinski definition) is 2. The summed E-state index contributed by atoms with van der Waals surface area (Å²) in [5.41, 5.74) is -0.535. The summed E-state index contributed by atoms with van der Waals surface area (Å²) in [6.45, 7) is 3.99. The zero-order valence-corrected chi connectivity index (χ0v) is 16.2. The standard InChI is InChI=1S/C21H26N2O5/c1-3-27-17(24)11-22-19(26)15-10-13-8-9-20(15,2)12-21(13)23-18(25)14-6-4-5-7-16(14)28-21/h4-7,13,15H,3,8-12H2,1-2H3,(H,22,26)(H,23,25)/t13-,15+,20+,21-/m0/s1. The topological polar surface area (TPSA) is 93.7 Å². The van der Waals surface area contributed by atoms with E-state index in [1.807, 2.05) is 18.2 Å². The number of amides is 2. The first-order chi connectivity index (χ1) is 13.4. The molecule has 1 aromatic rings. The van der Waals surface area contributed by atoms with Crippen molar-refractivity contribution in [3.63, 3.8) is 0 Å². The molecular weight excluding hydrogens is 360 g/mol. The fourth-order valence-electron chi connectivity index (χ4n) is 5.15. The molecule has 1 aromatic carbocycles. The monoisotopic (exact) mass is 386 g/mol.